The second-order valence-electron chi connectivity index (χ2n) is 3.74. The van der Waals surface area contributed by atoms with Crippen LogP contribution in [0.1, 0.15) is 33.2 Å². The number of aromatic nitrogens is 1. The van der Waals surface area contributed by atoms with E-state index in [4.69, 9.17) is 0 Å². The summed E-state index contributed by atoms with van der Waals surface area (Å²) in [6, 6.07) is 1.73. The van der Waals surface area contributed by atoms with Crippen LogP contribution in [0.15, 0.2) is 19.8 Å². The maximum Gasteiger partial charge on any atom is 0.253 e. The quantitative estimate of drug-likeness (QED) is 0.808. The van der Waals surface area contributed by atoms with Gasteiger partial charge in [-0.2, -0.15) is 0 Å². The molecule has 3 nitrogen and oxygen atoms in total. The molecule has 0 radical (unpaired) electrons. The first-order chi connectivity index (χ1) is 8.47. The van der Waals surface area contributed by atoms with Crippen LogP contribution in [0.25, 0.3) is 0 Å². The molecule has 0 bridgehead atoms. The van der Waals surface area contributed by atoms with E-state index in [1.165, 1.54) is 11.3 Å². The third kappa shape index (κ3) is 3.20. The van der Waals surface area contributed by atoms with E-state index in [1.54, 1.807) is 11.3 Å². The molecule has 0 spiro atoms. The van der Waals surface area contributed by atoms with Gasteiger partial charge >= 0.3 is 0 Å². The van der Waals surface area contributed by atoms with Crippen molar-refractivity contribution in [1.29, 1.82) is 0 Å². The fourth-order valence-corrected chi connectivity index (χ4v) is 4.97. The van der Waals surface area contributed by atoms with E-state index in [9.17, 15) is 4.79 Å². The first-order valence-electron chi connectivity index (χ1n) is 5.15. The van der Waals surface area contributed by atoms with Gasteiger partial charge in [0.2, 0.25) is 0 Å². The minimum absolute atomic E-state index is 0.0817. The highest BCUT2D eigenvalue weighted by molar-refractivity contribution is 9.12. The van der Waals surface area contributed by atoms with Gasteiger partial charge in [-0.05, 0) is 51.8 Å². The first-order valence-corrected chi connectivity index (χ1v) is 8.37. The van der Waals surface area contributed by atoms with Gasteiger partial charge in [-0.3, -0.25) is 4.79 Å². The Balaban J connectivity index is 2.10. The van der Waals surface area contributed by atoms with Crippen LogP contribution >= 0.6 is 54.5 Å². The molecule has 2 rings (SSSR count). The standard InChI is InChI=1S/C11H10Br2N2OS2/c1-5-4-14-11(17-5)6(2)15-10(16)7-3-8(12)18-9(7)13/h3-4,6H,1-2H3,(H,15,16). The summed E-state index contributed by atoms with van der Waals surface area (Å²) in [6.45, 7) is 3.94. The number of hydrogen-bond donors (Lipinski definition) is 1. The van der Waals surface area contributed by atoms with Crippen LogP contribution in [0.3, 0.4) is 0 Å². The van der Waals surface area contributed by atoms with Crippen molar-refractivity contribution in [3.63, 3.8) is 0 Å². The van der Waals surface area contributed by atoms with Crippen molar-refractivity contribution in [2.45, 2.75) is 19.9 Å². The van der Waals surface area contributed by atoms with Crippen molar-refractivity contribution in [2.75, 3.05) is 0 Å². The average Bonchev–Trinajstić information content (AvgIpc) is 2.84. The van der Waals surface area contributed by atoms with Crippen LogP contribution in [-0.4, -0.2) is 10.9 Å². The third-order valence-electron chi connectivity index (χ3n) is 2.26. The maximum absolute atomic E-state index is 12.1. The van der Waals surface area contributed by atoms with Gasteiger partial charge in [-0.1, -0.05) is 0 Å². The van der Waals surface area contributed by atoms with Gasteiger partial charge < -0.3 is 5.32 Å². The molecule has 1 unspecified atom stereocenters. The Bertz CT molecular complexity index is 579. The minimum atomic E-state index is -0.0934. The molecule has 7 heteroatoms. The minimum Gasteiger partial charge on any atom is -0.343 e. The van der Waals surface area contributed by atoms with Gasteiger partial charge in [0.15, 0.2) is 0 Å². The highest BCUT2D eigenvalue weighted by Gasteiger charge is 2.17. The van der Waals surface area contributed by atoms with Crippen LogP contribution in [0.5, 0.6) is 0 Å². The second-order valence-corrected chi connectivity index (χ2v) is 8.76. The molecule has 2 aromatic heterocycles. The van der Waals surface area contributed by atoms with Crippen LogP contribution < -0.4 is 5.32 Å². The smallest absolute Gasteiger partial charge is 0.253 e. The Kier molecular flexibility index (Phi) is 4.58. The molecule has 0 aromatic carbocycles. The monoisotopic (exact) mass is 408 g/mol. The largest absolute Gasteiger partial charge is 0.343 e. The molecular weight excluding hydrogens is 400 g/mol. The summed E-state index contributed by atoms with van der Waals surface area (Å²) < 4.78 is 1.76. The molecule has 18 heavy (non-hydrogen) atoms. The first kappa shape index (κ1) is 14.2. The lowest BCUT2D eigenvalue weighted by molar-refractivity contribution is 0.0939. The predicted octanol–water partition coefficient (Wildman–Crippen LogP) is 4.53. The fourth-order valence-electron chi connectivity index (χ4n) is 1.40. The zero-order valence-corrected chi connectivity index (χ0v) is 14.5. The van der Waals surface area contributed by atoms with Crippen LogP contribution in [0, 0.1) is 6.92 Å². The lowest BCUT2D eigenvalue weighted by Crippen LogP contribution is -2.26. The Hall–Kier alpha value is -0.240. The van der Waals surface area contributed by atoms with Crippen LogP contribution in [-0.2, 0) is 0 Å². The number of nitrogens with one attached hydrogen (secondary N) is 1. The summed E-state index contributed by atoms with van der Waals surface area (Å²) in [6.07, 6.45) is 1.82. The van der Waals surface area contributed by atoms with Gasteiger partial charge in [0, 0.05) is 11.1 Å². The lowest BCUT2D eigenvalue weighted by atomic mass is 10.3. The molecule has 2 heterocycles. The van der Waals surface area contributed by atoms with Gasteiger partial charge in [-0.25, -0.2) is 4.98 Å². The van der Waals surface area contributed by atoms with E-state index in [0.29, 0.717) is 5.56 Å². The number of thiophene rings is 1. The molecule has 0 aliphatic heterocycles. The highest BCUT2D eigenvalue weighted by Crippen LogP contribution is 2.32. The number of carbonyl (C=O) groups excluding carboxylic acids is 1. The van der Waals surface area contributed by atoms with Crippen LogP contribution in [0.2, 0.25) is 0 Å². The zero-order chi connectivity index (χ0) is 13.3. The van der Waals surface area contributed by atoms with Crippen LogP contribution in [0.4, 0.5) is 0 Å². The van der Waals surface area contributed by atoms with E-state index in [0.717, 1.165) is 17.5 Å². The summed E-state index contributed by atoms with van der Waals surface area (Å²) in [4.78, 5) is 17.5. The molecule has 1 N–H and O–H groups in total. The summed E-state index contributed by atoms with van der Waals surface area (Å²) >= 11 is 9.83. The summed E-state index contributed by atoms with van der Waals surface area (Å²) in [5.74, 6) is -0.0934. The number of aryl methyl sites for hydroxylation is 1. The SMILES string of the molecule is Cc1cnc(C(C)NC(=O)c2cc(Br)sc2Br)s1. The molecule has 0 saturated carbocycles. The van der Waals surface area contributed by atoms with E-state index in [2.05, 4.69) is 42.2 Å². The fraction of sp³-hybridized carbons (Fsp3) is 0.273. The average molecular weight is 410 g/mol. The normalized spacial score (nSPS) is 12.4. The Morgan fingerprint density at radius 1 is 1.44 bits per heavy atom. The summed E-state index contributed by atoms with van der Waals surface area (Å²) in [7, 11) is 0. The zero-order valence-electron chi connectivity index (χ0n) is 9.66. The molecule has 2 aromatic rings. The molecule has 1 atom stereocenters. The predicted molar refractivity (Wildman–Crippen MR) is 82.5 cm³/mol. The van der Waals surface area contributed by atoms with Gasteiger partial charge in [0.05, 0.1) is 19.2 Å². The molecule has 0 fully saturated rings. The van der Waals surface area contributed by atoms with Crippen molar-refractivity contribution in [3.05, 3.63) is 35.3 Å². The summed E-state index contributed by atoms with van der Waals surface area (Å²) in [5, 5.41) is 3.87. The van der Waals surface area contributed by atoms with Crippen molar-refractivity contribution in [1.82, 2.24) is 10.3 Å². The molecule has 1 amide bonds. The number of thiazole rings is 1. The summed E-state index contributed by atoms with van der Waals surface area (Å²) in [5.41, 5.74) is 0.645. The molecular formula is C11H10Br2N2OS2. The van der Waals surface area contributed by atoms with E-state index >= 15 is 0 Å². The van der Waals surface area contributed by atoms with Crippen molar-refractivity contribution >= 4 is 60.4 Å². The molecule has 0 aliphatic carbocycles. The third-order valence-corrected chi connectivity index (χ3v) is 5.69. The lowest BCUT2D eigenvalue weighted by Gasteiger charge is -2.10. The number of rotatable bonds is 3. The molecule has 0 aliphatic rings. The number of halogens is 2. The Morgan fingerprint density at radius 3 is 2.67 bits per heavy atom. The highest BCUT2D eigenvalue weighted by atomic mass is 79.9. The topological polar surface area (TPSA) is 42.0 Å². The number of carbonyl (C=O) groups is 1. The molecule has 0 saturated heterocycles. The number of amides is 1. The Morgan fingerprint density at radius 2 is 2.17 bits per heavy atom. The van der Waals surface area contributed by atoms with Gasteiger partial charge in [0.25, 0.3) is 5.91 Å². The van der Waals surface area contributed by atoms with E-state index in [-0.39, 0.29) is 11.9 Å². The van der Waals surface area contributed by atoms with E-state index < -0.39 is 0 Å². The van der Waals surface area contributed by atoms with Crippen molar-refractivity contribution in [2.24, 2.45) is 0 Å². The maximum atomic E-state index is 12.1. The van der Waals surface area contributed by atoms with E-state index in [1.807, 2.05) is 26.1 Å². The molecule has 96 valence electrons. The Labute approximate surface area is 130 Å². The van der Waals surface area contributed by atoms with Gasteiger partial charge in [0.1, 0.15) is 5.01 Å². The number of nitrogens with zero attached hydrogens (tertiary/aromatic N) is 1. The van der Waals surface area contributed by atoms with Crippen molar-refractivity contribution in [3.8, 4) is 0 Å². The van der Waals surface area contributed by atoms with Crippen molar-refractivity contribution < 1.29 is 4.79 Å². The van der Waals surface area contributed by atoms with Gasteiger partial charge in [-0.15, -0.1) is 22.7 Å². The number of hydrogen-bond acceptors (Lipinski definition) is 4. The second kappa shape index (κ2) is 5.81.